The number of nitrogens with one attached hydrogen (secondary N) is 2. The topological polar surface area (TPSA) is 71.3 Å². The van der Waals surface area contributed by atoms with E-state index in [1.54, 1.807) is 24.3 Å². The Kier molecular flexibility index (Phi) is 5.15. The number of hydrogen-bond donors (Lipinski definition) is 2. The molecule has 1 aromatic carbocycles. The number of rotatable bonds is 4. The summed E-state index contributed by atoms with van der Waals surface area (Å²) in [5.41, 5.74) is 0.629. The third-order valence-corrected chi connectivity index (χ3v) is 3.61. The van der Waals surface area contributed by atoms with Crippen molar-refractivity contribution in [1.82, 2.24) is 10.6 Å². The number of hydrogen-bond acceptors (Lipinski definition) is 3. The zero-order chi connectivity index (χ0) is 15.2. The number of amides is 2. The molecule has 1 heterocycles. The highest BCUT2D eigenvalue weighted by Crippen LogP contribution is 2.12. The molecular weight excluding hydrogens is 383 g/mol. The Morgan fingerprint density at radius 3 is 2.57 bits per heavy atom. The van der Waals surface area contributed by atoms with Crippen molar-refractivity contribution >= 4 is 40.5 Å². The predicted octanol–water partition coefficient (Wildman–Crippen LogP) is 2.40. The van der Waals surface area contributed by atoms with Crippen LogP contribution in [0.5, 0.6) is 0 Å². The number of benzene rings is 1. The van der Waals surface area contributed by atoms with Gasteiger partial charge in [-0.1, -0.05) is 12.1 Å². The van der Waals surface area contributed by atoms with Crippen molar-refractivity contribution in [2.45, 2.75) is 0 Å². The summed E-state index contributed by atoms with van der Waals surface area (Å²) >= 11 is 2.07. The minimum atomic E-state index is -0.398. The zero-order valence-corrected chi connectivity index (χ0v) is 13.4. The molecule has 21 heavy (non-hydrogen) atoms. The first-order chi connectivity index (χ1) is 10.1. The molecule has 0 fully saturated rings. The van der Waals surface area contributed by atoms with E-state index >= 15 is 0 Å². The Labute approximate surface area is 135 Å². The Balaban J connectivity index is 2.26. The van der Waals surface area contributed by atoms with Gasteiger partial charge in [0.05, 0.1) is 11.8 Å². The van der Waals surface area contributed by atoms with Gasteiger partial charge >= 0.3 is 0 Å². The highest BCUT2D eigenvalue weighted by molar-refractivity contribution is 14.1. The third kappa shape index (κ3) is 3.94. The molecule has 0 spiro atoms. The first-order valence-electron chi connectivity index (χ1n) is 6.15. The fourth-order valence-electron chi connectivity index (χ4n) is 1.64. The maximum absolute atomic E-state index is 12.3. The summed E-state index contributed by atoms with van der Waals surface area (Å²) in [5, 5.41) is 5.09. The molecule has 0 saturated heterocycles. The minimum Gasteiger partial charge on any atom is -0.465 e. The Morgan fingerprint density at radius 1 is 1.19 bits per heavy atom. The summed E-state index contributed by atoms with van der Waals surface area (Å²) < 4.78 is 5.97. The molecule has 0 atom stereocenters. The second kappa shape index (κ2) is 7.07. The molecular formula is C15H13IN2O3. The van der Waals surface area contributed by atoms with Crippen LogP contribution in [0.4, 0.5) is 0 Å². The highest BCUT2D eigenvalue weighted by atomic mass is 127. The molecule has 2 aromatic rings. The molecule has 6 heteroatoms. The number of likely N-dealkylation sites (N-methyl/N-ethyl adjacent to an activating group) is 1. The average molecular weight is 396 g/mol. The number of furan rings is 1. The van der Waals surface area contributed by atoms with Gasteiger partial charge in [0.2, 0.25) is 0 Å². The quantitative estimate of drug-likeness (QED) is 0.616. The van der Waals surface area contributed by atoms with E-state index in [-0.39, 0.29) is 11.6 Å². The van der Waals surface area contributed by atoms with E-state index in [9.17, 15) is 9.59 Å². The predicted molar refractivity (Wildman–Crippen MR) is 87.4 cm³/mol. The van der Waals surface area contributed by atoms with E-state index in [2.05, 4.69) is 33.2 Å². The second-order valence-electron chi connectivity index (χ2n) is 4.09. The van der Waals surface area contributed by atoms with Gasteiger partial charge in [-0.15, -0.1) is 0 Å². The van der Waals surface area contributed by atoms with Gasteiger partial charge < -0.3 is 15.1 Å². The average Bonchev–Trinajstić information content (AvgIpc) is 2.99. The maximum atomic E-state index is 12.3. The molecule has 5 nitrogen and oxygen atoms in total. The molecule has 0 aliphatic carbocycles. The molecule has 0 radical (unpaired) electrons. The van der Waals surface area contributed by atoms with Crippen molar-refractivity contribution in [3.63, 3.8) is 0 Å². The molecule has 0 aliphatic rings. The van der Waals surface area contributed by atoms with Crippen molar-refractivity contribution in [2.75, 3.05) is 7.05 Å². The third-order valence-electron chi connectivity index (χ3n) is 2.67. The van der Waals surface area contributed by atoms with Crippen LogP contribution in [0.1, 0.15) is 16.1 Å². The van der Waals surface area contributed by atoms with Crippen LogP contribution in [0.3, 0.4) is 0 Å². The van der Waals surface area contributed by atoms with Crippen LogP contribution in [0.2, 0.25) is 0 Å². The lowest BCUT2D eigenvalue weighted by molar-refractivity contribution is -0.117. The summed E-state index contributed by atoms with van der Waals surface area (Å²) in [6.45, 7) is 0. The van der Waals surface area contributed by atoms with E-state index < -0.39 is 5.91 Å². The number of carbonyl (C=O) groups excluding carboxylic acids is 2. The second-order valence-corrected chi connectivity index (χ2v) is 5.25. The van der Waals surface area contributed by atoms with Crippen molar-refractivity contribution in [3.05, 3.63) is 63.3 Å². The van der Waals surface area contributed by atoms with Crippen LogP contribution in [-0.2, 0) is 4.79 Å². The number of halogens is 1. The van der Waals surface area contributed by atoms with Crippen LogP contribution in [-0.4, -0.2) is 18.9 Å². The molecule has 2 rings (SSSR count). The van der Waals surface area contributed by atoms with Crippen molar-refractivity contribution < 1.29 is 14.0 Å². The summed E-state index contributed by atoms with van der Waals surface area (Å²) in [6.07, 6.45) is 2.97. The first kappa shape index (κ1) is 15.3. The van der Waals surface area contributed by atoms with Gasteiger partial charge in [-0.3, -0.25) is 9.59 Å². The zero-order valence-electron chi connectivity index (χ0n) is 11.2. The Hall–Kier alpha value is -2.09. The summed E-state index contributed by atoms with van der Waals surface area (Å²) in [6, 6.07) is 10.5. The first-order valence-corrected chi connectivity index (χ1v) is 7.23. The van der Waals surface area contributed by atoms with Gasteiger partial charge in [-0.25, -0.2) is 0 Å². The summed E-state index contributed by atoms with van der Waals surface area (Å²) in [5.74, 6) is -0.260. The molecule has 0 saturated carbocycles. The van der Waals surface area contributed by atoms with Gasteiger partial charge in [0.15, 0.2) is 0 Å². The van der Waals surface area contributed by atoms with Crippen molar-refractivity contribution in [1.29, 1.82) is 0 Å². The summed E-state index contributed by atoms with van der Waals surface area (Å²) in [7, 11) is 1.50. The van der Waals surface area contributed by atoms with Crippen molar-refractivity contribution in [2.24, 2.45) is 0 Å². The van der Waals surface area contributed by atoms with E-state index in [1.165, 1.54) is 19.4 Å². The van der Waals surface area contributed by atoms with Gasteiger partial charge in [-0.05, 0) is 46.9 Å². The monoisotopic (exact) mass is 396 g/mol. The minimum absolute atomic E-state index is 0.122. The van der Waals surface area contributed by atoms with E-state index in [1.807, 2.05) is 12.1 Å². The lowest BCUT2D eigenvalue weighted by Gasteiger charge is -2.09. The molecule has 2 N–H and O–H groups in total. The van der Waals surface area contributed by atoms with Crippen LogP contribution < -0.4 is 10.6 Å². The van der Waals surface area contributed by atoms with Crippen LogP contribution in [0.25, 0.3) is 6.08 Å². The van der Waals surface area contributed by atoms with E-state index in [0.29, 0.717) is 11.3 Å². The van der Waals surface area contributed by atoms with E-state index in [0.717, 1.165) is 3.57 Å². The largest absolute Gasteiger partial charge is 0.465 e. The SMILES string of the molecule is CNC(=O)C(=Cc1ccco1)NC(=O)c1ccccc1I. The molecule has 0 aliphatic heterocycles. The van der Waals surface area contributed by atoms with Crippen LogP contribution >= 0.6 is 22.6 Å². The van der Waals surface area contributed by atoms with Crippen LogP contribution in [0, 0.1) is 3.57 Å². The van der Waals surface area contributed by atoms with Crippen molar-refractivity contribution in [3.8, 4) is 0 Å². The highest BCUT2D eigenvalue weighted by Gasteiger charge is 2.15. The molecule has 0 bridgehead atoms. The van der Waals surface area contributed by atoms with E-state index in [4.69, 9.17) is 4.42 Å². The number of carbonyl (C=O) groups is 2. The Bertz CT molecular complexity index is 678. The maximum Gasteiger partial charge on any atom is 0.267 e. The van der Waals surface area contributed by atoms with Gasteiger partial charge in [-0.2, -0.15) is 0 Å². The fraction of sp³-hybridized carbons (Fsp3) is 0.0667. The smallest absolute Gasteiger partial charge is 0.267 e. The van der Waals surface area contributed by atoms with Gasteiger partial charge in [0, 0.05) is 16.7 Å². The molecule has 0 unspecified atom stereocenters. The lowest BCUT2D eigenvalue weighted by Crippen LogP contribution is -2.33. The lowest BCUT2D eigenvalue weighted by atomic mass is 10.2. The normalized spacial score (nSPS) is 11.0. The molecule has 2 amide bonds. The standard InChI is InChI=1S/C15H13IN2O3/c1-17-15(20)13(9-10-5-4-8-21-10)18-14(19)11-6-2-3-7-12(11)16/h2-9H,1H3,(H,17,20)(H,18,19). The summed E-state index contributed by atoms with van der Waals surface area (Å²) in [4.78, 5) is 24.1. The Morgan fingerprint density at radius 2 is 1.95 bits per heavy atom. The fourth-order valence-corrected chi connectivity index (χ4v) is 2.28. The molecule has 108 valence electrons. The van der Waals surface area contributed by atoms with Gasteiger partial charge in [0.1, 0.15) is 11.5 Å². The van der Waals surface area contributed by atoms with Crippen LogP contribution in [0.15, 0.2) is 52.8 Å². The van der Waals surface area contributed by atoms with Gasteiger partial charge in [0.25, 0.3) is 11.8 Å². The molecule has 1 aromatic heterocycles.